The van der Waals surface area contributed by atoms with Gasteiger partial charge in [-0.1, -0.05) is 0 Å². The highest BCUT2D eigenvalue weighted by Gasteiger charge is 2.19. The molecule has 1 heterocycles. The van der Waals surface area contributed by atoms with Crippen LogP contribution in [0.4, 0.5) is 10.1 Å². The molecule has 1 aliphatic rings. The zero-order chi connectivity index (χ0) is 17.2. The minimum atomic E-state index is -0.199. The van der Waals surface area contributed by atoms with E-state index in [9.17, 15) is 4.39 Å². The standard InChI is InChI=1S/C17H27FN4O2/c1-19-17(20-7-12-24-14-13-23-2)22-10-8-21(9-11-22)16-5-3-15(18)4-6-16/h3-6H,7-14H2,1-2H3,(H,19,20). The maximum atomic E-state index is 13.0. The summed E-state index contributed by atoms with van der Waals surface area (Å²) in [7, 11) is 3.45. The fourth-order valence-corrected chi connectivity index (χ4v) is 2.64. The van der Waals surface area contributed by atoms with Gasteiger partial charge < -0.3 is 24.6 Å². The molecule has 0 amide bonds. The van der Waals surface area contributed by atoms with E-state index in [2.05, 4.69) is 20.1 Å². The largest absolute Gasteiger partial charge is 0.382 e. The number of rotatable bonds is 7. The third-order valence-corrected chi connectivity index (χ3v) is 3.94. The van der Waals surface area contributed by atoms with E-state index in [1.54, 1.807) is 14.2 Å². The SMILES string of the molecule is CN=C(NCCOCCOC)N1CCN(c2ccc(F)cc2)CC1. The van der Waals surface area contributed by atoms with Crippen molar-refractivity contribution in [2.75, 3.05) is 71.6 Å². The van der Waals surface area contributed by atoms with Crippen molar-refractivity contribution in [3.05, 3.63) is 30.1 Å². The number of ether oxygens (including phenoxy) is 2. The van der Waals surface area contributed by atoms with Gasteiger partial charge in [-0.3, -0.25) is 4.99 Å². The minimum absolute atomic E-state index is 0.199. The number of hydrogen-bond acceptors (Lipinski definition) is 4. The van der Waals surface area contributed by atoms with Crippen molar-refractivity contribution in [2.24, 2.45) is 4.99 Å². The number of aliphatic imine (C=N–C) groups is 1. The Hall–Kier alpha value is -1.86. The van der Waals surface area contributed by atoms with Crippen LogP contribution in [0.15, 0.2) is 29.3 Å². The average Bonchev–Trinajstić information content (AvgIpc) is 2.62. The lowest BCUT2D eigenvalue weighted by molar-refractivity contribution is 0.0731. The summed E-state index contributed by atoms with van der Waals surface area (Å²) in [4.78, 5) is 8.83. The molecule has 134 valence electrons. The summed E-state index contributed by atoms with van der Waals surface area (Å²) in [5.74, 6) is 0.693. The van der Waals surface area contributed by atoms with Gasteiger partial charge in [0.1, 0.15) is 5.82 Å². The van der Waals surface area contributed by atoms with E-state index in [-0.39, 0.29) is 5.82 Å². The average molecular weight is 338 g/mol. The van der Waals surface area contributed by atoms with Crippen LogP contribution in [-0.2, 0) is 9.47 Å². The van der Waals surface area contributed by atoms with Gasteiger partial charge in [0.15, 0.2) is 5.96 Å². The van der Waals surface area contributed by atoms with Crippen molar-refractivity contribution in [3.63, 3.8) is 0 Å². The Morgan fingerprint density at radius 2 is 1.83 bits per heavy atom. The van der Waals surface area contributed by atoms with Crippen molar-refractivity contribution in [3.8, 4) is 0 Å². The Morgan fingerprint density at radius 1 is 1.12 bits per heavy atom. The van der Waals surface area contributed by atoms with E-state index in [0.29, 0.717) is 26.4 Å². The number of halogens is 1. The van der Waals surface area contributed by atoms with Crippen molar-refractivity contribution < 1.29 is 13.9 Å². The van der Waals surface area contributed by atoms with Gasteiger partial charge in [0, 0.05) is 52.6 Å². The van der Waals surface area contributed by atoms with Crippen molar-refractivity contribution in [2.45, 2.75) is 0 Å². The van der Waals surface area contributed by atoms with Gasteiger partial charge in [-0.05, 0) is 24.3 Å². The first kappa shape index (κ1) is 18.5. The highest BCUT2D eigenvalue weighted by molar-refractivity contribution is 5.80. The summed E-state index contributed by atoms with van der Waals surface area (Å²) in [5.41, 5.74) is 1.06. The maximum Gasteiger partial charge on any atom is 0.193 e. The quantitative estimate of drug-likeness (QED) is 0.460. The number of anilines is 1. The minimum Gasteiger partial charge on any atom is -0.382 e. The van der Waals surface area contributed by atoms with Crippen molar-refractivity contribution in [1.82, 2.24) is 10.2 Å². The second-order valence-corrected chi connectivity index (χ2v) is 5.53. The predicted molar refractivity (Wildman–Crippen MR) is 94.2 cm³/mol. The molecule has 1 saturated heterocycles. The Labute approximate surface area is 143 Å². The highest BCUT2D eigenvalue weighted by Crippen LogP contribution is 2.16. The molecule has 0 aliphatic carbocycles. The molecule has 1 fully saturated rings. The molecule has 0 aromatic heterocycles. The van der Waals surface area contributed by atoms with Gasteiger partial charge in [0.2, 0.25) is 0 Å². The smallest absolute Gasteiger partial charge is 0.193 e. The molecular weight excluding hydrogens is 311 g/mol. The molecule has 0 spiro atoms. The lowest BCUT2D eigenvalue weighted by Crippen LogP contribution is -2.53. The van der Waals surface area contributed by atoms with Crippen LogP contribution < -0.4 is 10.2 Å². The van der Waals surface area contributed by atoms with Gasteiger partial charge in [-0.25, -0.2) is 4.39 Å². The van der Waals surface area contributed by atoms with Crippen LogP contribution in [0.2, 0.25) is 0 Å². The molecular formula is C17H27FN4O2. The normalized spacial score (nSPS) is 15.7. The molecule has 0 bridgehead atoms. The second-order valence-electron chi connectivity index (χ2n) is 5.53. The number of hydrogen-bond donors (Lipinski definition) is 1. The lowest BCUT2D eigenvalue weighted by Gasteiger charge is -2.37. The van der Waals surface area contributed by atoms with E-state index in [1.165, 1.54) is 12.1 Å². The van der Waals surface area contributed by atoms with Crippen LogP contribution in [0.5, 0.6) is 0 Å². The number of guanidine groups is 1. The van der Waals surface area contributed by atoms with Crippen LogP contribution in [0.1, 0.15) is 0 Å². The van der Waals surface area contributed by atoms with E-state index in [0.717, 1.165) is 37.8 Å². The van der Waals surface area contributed by atoms with E-state index in [1.807, 2.05) is 12.1 Å². The Kier molecular flexibility index (Phi) is 7.77. The zero-order valence-corrected chi connectivity index (χ0v) is 14.5. The second kappa shape index (κ2) is 10.1. The molecule has 6 nitrogen and oxygen atoms in total. The topological polar surface area (TPSA) is 49.3 Å². The molecule has 1 aromatic rings. The highest BCUT2D eigenvalue weighted by atomic mass is 19.1. The van der Waals surface area contributed by atoms with Crippen LogP contribution in [-0.4, -0.2) is 77.6 Å². The van der Waals surface area contributed by atoms with E-state index >= 15 is 0 Å². The van der Waals surface area contributed by atoms with Crippen LogP contribution in [0, 0.1) is 5.82 Å². The third-order valence-electron chi connectivity index (χ3n) is 3.94. The monoisotopic (exact) mass is 338 g/mol. The Bertz CT molecular complexity index is 502. The first-order chi connectivity index (χ1) is 11.7. The van der Waals surface area contributed by atoms with Gasteiger partial charge in [-0.2, -0.15) is 0 Å². The fourth-order valence-electron chi connectivity index (χ4n) is 2.64. The predicted octanol–water partition coefficient (Wildman–Crippen LogP) is 1.19. The molecule has 24 heavy (non-hydrogen) atoms. The fraction of sp³-hybridized carbons (Fsp3) is 0.588. The van der Waals surface area contributed by atoms with E-state index in [4.69, 9.17) is 9.47 Å². The van der Waals surface area contributed by atoms with Crippen molar-refractivity contribution in [1.29, 1.82) is 0 Å². The van der Waals surface area contributed by atoms with Crippen LogP contribution in [0.3, 0.4) is 0 Å². The summed E-state index contributed by atoms with van der Waals surface area (Å²) in [5, 5.41) is 3.32. The Morgan fingerprint density at radius 3 is 2.46 bits per heavy atom. The molecule has 7 heteroatoms. The molecule has 0 saturated carbocycles. The first-order valence-corrected chi connectivity index (χ1v) is 8.27. The molecule has 0 atom stereocenters. The van der Waals surface area contributed by atoms with Gasteiger partial charge in [0.25, 0.3) is 0 Å². The van der Waals surface area contributed by atoms with Crippen LogP contribution in [0.25, 0.3) is 0 Å². The molecule has 0 radical (unpaired) electrons. The molecule has 1 aliphatic heterocycles. The molecule has 0 unspecified atom stereocenters. The Balaban J connectivity index is 1.72. The van der Waals surface area contributed by atoms with Crippen molar-refractivity contribution >= 4 is 11.6 Å². The molecule has 1 N–H and O–H groups in total. The zero-order valence-electron chi connectivity index (χ0n) is 14.5. The maximum absolute atomic E-state index is 13.0. The summed E-state index contributed by atoms with van der Waals surface area (Å²) >= 11 is 0. The molecule has 2 rings (SSSR count). The number of piperazine rings is 1. The number of benzene rings is 1. The van der Waals surface area contributed by atoms with E-state index < -0.39 is 0 Å². The lowest BCUT2D eigenvalue weighted by atomic mass is 10.2. The number of nitrogens with one attached hydrogen (secondary N) is 1. The van der Waals surface area contributed by atoms with Crippen LogP contribution >= 0.6 is 0 Å². The first-order valence-electron chi connectivity index (χ1n) is 8.27. The summed E-state index contributed by atoms with van der Waals surface area (Å²) < 4.78 is 23.4. The third kappa shape index (κ3) is 5.65. The summed E-state index contributed by atoms with van der Waals surface area (Å²) in [6.07, 6.45) is 0. The van der Waals surface area contributed by atoms with Gasteiger partial charge in [-0.15, -0.1) is 0 Å². The number of nitrogens with zero attached hydrogens (tertiary/aromatic N) is 3. The van der Waals surface area contributed by atoms with Gasteiger partial charge >= 0.3 is 0 Å². The number of methoxy groups -OCH3 is 1. The summed E-state index contributed by atoms with van der Waals surface area (Å²) in [6.45, 7) is 6.08. The molecule has 1 aromatic carbocycles. The summed E-state index contributed by atoms with van der Waals surface area (Å²) in [6, 6.07) is 6.67. The van der Waals surface area contributed by atoms with Gasteiger partial charge in [0.05, 0.1) is 19.8 Å².